The molecule has 1 aromatic rings. The molecule has 2 unspecified atom stereocenters. The Hall–Kier alpha value is -1.53. The second-order valence-electron chi connectivity index (χ2n) is 3.59. The highest BCUT2D eigenvalue weighted by atomic mass is 16.5. The summed E-state index contributed by atoms with van der Waals surface area (Å²) in [4.78, 5) is 0. The number of rotatable bonds is 2. The fraction of sp³-hybridized carbons (Fsp3) is 0.417. The van der Waals surface area contributed by atoms with Crippen LogP contribution in [0.1, 0.15) is 18.1 Å². The Kier molecular flexibility index (Phi) is 2.89. The van der Waals surface area contributed by atoms with Crippen LogP contribution in [0.15, 0.2) is 24.3 Å². The van der Waals surface area contributed by atoms with Crippen LogP contribution in [0.4, 0.5) is 0 Å². The molecule has 0 radical (unpaired) electrons. The van der Waals surface area contributed by atoms with Crippen molar-refractivity contribution in [1.82, 2.24) is 0 Å². The van der Waals surface area contributed by atoms with E-state index in [0.29, 0.717) is 6.61 Å². The lowest BCUT2D eigenvalue weighted by Gasteiger charge is -2.13. The number of hydrogen-bond donors (Lipinski definition) is 0. The van der Waals surface area contributed by atoms with Crippen LogP contribution in [-0.4, -0.2) is 13.7 Å². The minimum Gasteiger partial charge on any atom is -0.497 e. The molecule has 0 aliphatic carbocycles. The maximum absolute atomic E-state index is 8.94. The van der Waals surface area contributed by atoms with Gasteiger partial charge in [0, 0.05) is 6.61 Å². The Bertz CT molecular complexity index is 366. The molecule has 1 aliphatic rings. The summed E-state index contributed by atoms with van der Waals surface area (Å²) in [6.45, 7) is 0.676. The van der Waals surface area contributed by atoms with Gasteiger partial charge in [0.15, 0.2) is 0 Å². The van der Waals surface area contributed by atoms with Crippen molar-refractivity contribution in [2.24, 2.45) is 5.92 Å². The molecule has 78 valence electrons. The van der Waals surface area contributed by atoms with Crippen LogP contribution in [0.2, 0.25) is 0 Å². The molecule has 0 amide bonds. The lowest BCUT2D eigenvalue weighted by atomic mass is 9.97. The van der Waals surface area contributed by atoms with Gasteiger partial charge in [-0.3, -0.25) is 0 Å². The molecule has 15 heavy (non-hydrogen) atoms. The van der Waals surface area contributed by atoms with E-state index in [1.165, 1.54) is 0 Å². The van der Waals surface area contributed by atoms with Crippen molar-refractivity contribution in [2.45, 2.75) is 12.5 Å². The second-order valence-corrected chi connectivity index (χ2v) is 3.59. The molecule has 2 rings (SSSR count). The Labute approximate surface area is 89.2 Å². The summed E-state index contributed by atoms with van der Waals surface area (Å²) in [6, 6.07) is 9.99. The highest BCUT2D eigenvalue weighted by molar-refractivity contribution is 5.29. The molecule has 3 heteroatoms. The van der Waals surface area contributed by atoms with Crippen molar-refractivity contribution in [3.05, 3.63) is 29.8 Å². The second kappa shape index (κ2) is 4.33. The largest absolute Gasteiger partial charge is 0.497 e. The van der Waals surface area contributed by atoms with Gasteiger partial charge in [-0.1, -0.05) is 12.1 Å². The van der Waals surface area contributed by atoms with Gasteiger partial charge in [0.1, 0.15) is 5.75 Å². The number of benzene rings is 1. The van der Waals surface area contributed by atoms with Crippen molar-refractivity contribution in [3.63, 3.8) is 0 Å². The Balaban J connectivity index is 2.19. The van der Waals surface area contributed by atoms with Crippen LogP contribution < -0.4 is 4.74 Å². The van der Waals surface area contributed by atoms with Gasteiger partial charge in [0.05, 0.1) is 25.2 Å². The van der Waals surface area contributed by atoms with Gasteiger partial charge in [-0.2, -0.15) is 5.26 Å². The van der Waals surface area contributed by atoms with Crippen molar-refractivity contribution in [3.8, 4) is 11.8 Å². The summed E-state index contributed by atoms with van der Waals surface area (Å²) in [5.74, 6) is 0.809. The van der Waals surface area contributed by atoms with Gasteiger partial charge in [0.25, 0.3) is 0 Å². The van der Waals surface area contributed by atoms with Gasteiger partial charge in [-0.25, -0.2) is 0 Å². The fourth-order valence-electron chi connectivity index (χ4n) is 1.84. The normalized spacial score (nSPS) is 24.8. The summed E-state index contributed by atoms with van der Waals surface area (Å²) >= 11 is 0. The van der Waals surface area contributed by atoms with Crippen LogP contribution in [0, 0.1) is 17.2 Å². The predicted molar refractivity (Wildman–Crippen MR) is 55.4 cm³/mol. The van der Waals surface area contributed by atoms with Crippen LogP contribution >= 0.6 is 0 Å². The molecule has 1 fully saturated rings. The van der Waals surface area contributed by atoms with E-state index in [-0.39, 0.29) is 12.0 Å². The molecule has 0 N–H and O–H groups in total. The molecule has 1 aromatic carbocycles. The highest BCUT2D eigenvalue weighted by Crippen LogP contribution is 2.34. The standard InChI is InChI=1S/C12H13NO2/c1-14-11-4-2-9(3-5-11)12-10(8-13)6-7-15-12/h2-5,10,12H,6-7H2,1H3. The van der Waals surface area contributed by atoms with Crippen LogP contribution in [0.25, 0.3) is 0 Å². The number of methoxy groups -OCH3 is 1. The summed E-state index contributed by atoms with van der Waals surface area (Å²) in [5.41, 5.74) is 1.06. The molecule has 1 aliphatic heterocycles. The summed E-state index contributed by atoms with van der Waals surface area (Å²) in [7, 11) is 1.64. The Morgan fingerprint density at radius 2 is 2.13 bits per heavy atom. The molecule has 1 saturated heterocycles. The topological polar surface area (TPSA) is 42.2 Å². The third-order valence-corrected chi connectivity index (χ3v) is 2.70. The molecule has 2 atom stereocenters. The first-order valence-electron chi connectivity index (χ1n) is 5.00. The first kappa shape index (κ1) is 10.0. The zero-order valence-corrected chi connectivity index (χ0v) is 8.64. The summed E-state index contributed by atoms with van der Waals surface area (Å²) < 4.78 is 10.6. The molecular formula is C12H13NO2. The average molecular weight is 203 g/mol. The number of nitrogens with zero attached hydrogens (tertiary/aromatic N) is 1. The maximum Gasteiger partial charge on any atom is 0.118 e. The summed E-state index contributed by atoms with van der Waals surface area (Å²) in [5, 5.41) is 8.94. The third kappa shape index (κ3) is 1.95. The van der Waals surface area contributed by atoms with Crippen molar-refractivity contribution >= 4 is 0 Å². The number of nitriles is 1. The Morgan fingerprint density at radius 3 is 2.73 bits per heavy atom. The van der Waals surface area contributed by atoms with Gasteiger partial charge in [0.2, 0.25) is 0 Å². The first-order valence-corrected chi connectivity index (χ1v) is 5.00. The van der Waals surface area contributed by atoms with E-state index < -0.39 is 0 Å². The quantitative estimate of drug-likeness (QED) is 0.740. The average Bonchev–Trinajstić information content (AvgIpc) is 2.77. The third-order valence-electron chi connectivity index (χ3n) is 2.70. The van der Waals surface area contributed by atoms with Crippen LogP contribution in [0.3, 0.4) is 0 Å². The van der Waals surface area contributed by atoms with Gasteiger partial charge in [-0.15, -0.1) is 0 Å². The number of hydrogen-bond acceptors (Lipinski definition) is 3. The SMILES string of the molecule is COc1ccc(C2OCCC2C#N)cc1. The molecule has 3 nitrogen and oxygen atoms in total. The van der Waals surface area contributed by atoms with Gasteiger partial charge >= 0.3 is 0 Å². The Morgan fingerprint density at radius 1 is 1.40 bits per heavy atom. The maximum atomic E-state index is 8.94. The van der Waals surface area contributed by atoms with Gasteiger partial charge in [-0.05, 0) is 24.1 Å². The van der Waals surface area contributed by atoms with E-state index >= 15 is 0 Å². The van der Waals surface area contributed by atoms with Crippen LogP contribution in [-0.2, 0) is 4.74 Å². The van der Waals surface area contributed by atoms with Crippen molar-refractivity contribution in [2.75, 3.05) is 13.7 Å². The van der Waals surface area contributed by atoms with Gasteiger partial charge < -0.3 is 9.47 Å². The van der Waals surface area contributed by atoms with Crippen LogP contribution in [0.5, 0.6) is 5.75 Å². The zero-order chi connectivity index (χ0) is 10.7. The lowest BCUT2D eigenvalue weighted by Crippen LogP contribution is -2.05. The minimum absolute atomic E-state index is 0.0154. The minimum atomic E-state index is -0.0686. The summed E-state index contributed by atoms with van der Waals surface area (Å²) in [6.07, 6.45) is 0.758. The fourth-order valence-corrected chi connectivity index (χ4v) is 1.84. The highest BCUT2D eigenvalue weighted by Gasteiger charge is 2.29. The van der Waals surface area contributed by atoms with E-state index in [1.807, 2.05) is 24.3 Å². The van der Waals surface area contributed by atoms with E-state index in [9.17, 15) is 0 Å². The van der Waals surface area contributed by atoms with E-state index in [1.54, 1.807) is 7.11 Å². The van der Waals surface area contributed by atoms with Crippen molar-refractivity contribution in [1.29, 1.82) is 5.26 Å². The molecule has 0 spiro atoms. The zero-order valence-electron chi connectivity index (χ0n) is 8.64. The van der Waals surface area contributed by atoms with E-state index in [4.69, 9.17) is 14.7 Å². The molecule has 1 heterocycles. The van der Waals surface area contributed by atoms with E-state index in [0.717, 1.165) is 17.7 Å². The molecule has 0 saturated carbocycles. The molecule has 0 bridgehead atoms. The predicted octanol–water partition coefficient (Wildman–Crippen LogP) is 2.30. The monoisotopic (exact) mass is 203 g/mol. The van der Waals surface area contributed by atoms with E-state index in [2.05, 4.69) is 6.07 Å². The number of ether oxygens (including phenoxy) is 2. The lowest BCUT2D eigenvalue weighted by molar-refractivity contribution is 0.101. The smallest absolute Gasteiger partial charge is 0.118 e. The molecule has 0 aromatic heterocycles. The van der Waals surface area contributed by atoms with Crippen molar-refractivity contribution < 1.29 is 9.47 Å². The molecular weight excluding hydrogens is 190 g/mol. The first-order chi connectivity index (χ1) is 7.35.